The smallest absolute Gasteiger partial charge is 0.331 e. The van der Waals surface area contributed by atoms with E-state index in [9.17, 15) is 9.59 Å². The van der Waals surface area contributed by atoms with Crippen LogP contribution in [0.15, 0.2) is 12.2 Å². The largest absolute Gasteiger partial charge is 0.455 e. The molecule has 1 heterocycles. The highest BCUT2D eigenvalue weighted by molar-refractivity contribution is 5.84. The van der Waals surface area contributed by atoms with Crippen LogP contribution in [0.1, 0.15) is 46.0 Å². The van der Waals surface area contributed by atoms with Crippen molar-refractivity contribution in [2.24, 2.45) is 5.92 Å². The van der Waals surface area contributed by atoms with Crippen molar-refractivity contribution in [3.63, 3.8) is 0 Å². The quantitative estimate of drug-likeness (QED) is 0.493. The Bertz CT molecular complexity index is 281. The van der Waals surface area contributed by atoms with Crippen molar-refractivity contribution in [3.05, 3.63) is 12.2 Å². The molecule has 3 nitrogen and oxygen atoms in total. The summed E-state index contributed by atoms with van der Waals surface area (Å²) in [6.45, 7) is 3.62. The van der Waals surface area contributed by atoms with Gasteiger partial charge in [-0.15, -0.1) is 0 Å². The molecule has 3 heteroatoms. The Hall–Kier alpha value is -1.12. The molecule has 0 aromatic heterocycles. The van der Waals surface area contributed by atoms with E-state index in [1.54, 1.807) is 6.92 Å². The van der Waals surface area contributed by atoms with Crippen molar-refractivity contribution in [2.45, 2.75) is 52.1 Å². The average molecular weight is 224 g/mol. The first kappa shape index (κ1) is 12.9. The molecule has 0 aromatic rings. The van der Waals surface area contributed by atoms with Crippen molar-refractivity contribution in [2.75, 3.05) is 0 Å². The molecular weight excluding hydrogens is 204 g/mol. The fraction of sp³-hybridized carbons (Fsp3) is 0.692. The molecule has 0 aromatic carbocycles. The number of carbonyl (C=O) groups excluding carboxylic acids is 2. The van der Waals surface area contributed by atoms with Crippen LogP contribution >= 0.6 is 0 Å². The van der Waals surface area contributed by atoms with Crippen LogP contribution in [0.25, 0.3) is 0 Å². The Morgan fingerprint density at radius 3 is 2.75 bits per heavy atom. The van der Waals surface area contributed by atoms with Gasteiger partial charge < -0.3 is 4.74 Å². The molecule has 2 atom stereocenters. The van der Waals surface area contributed by atoms with Gasteiger partial charge in [0.15, 0.2) is 0 Å². The lowest BCUT2D eigenvalue weighted by atomic mass is 9.99. The number of esters is 1. The van der Waals surface area contributed by atoms with Crippen LogP contribution in [0.2, 0.25) is 0 Å². The lowest BCUT2D eigenvalue weighted by Gasteiger charge is -2.09. The first-order chi connectivity index (χ1) is 7.59. The van der Waals surface area contributed by atoms with Gasteiger partial charge in [-0.05, 0) is 32.3 Å². The predicted molar refractivity (Wildman–Crippen MR) is 62.0 cm³/mol. The van der Waals surface area contributed by atoms with Gasteiger partial charge in [-0.1, -0.05) is 19.8 Å². The molecule has 0 bridgehead atoms. The zero-order valence-electron chi connectivity index (χ0n) is 10.1. The van der Waals surface area contributed by atoms with Crippen LogP contribution in [0.4, 0.5) is 0 Å². The van der Waals surface area contributed by atoms with Gasteiger partial charge >= 0.3 is 5.97 Å². The summed E-state index contributed by atoms with van der Waals surface area (Å²) in [7, 11) is 0. The number of hydrogen-bond donors (Lipinski definition) is 0. The summed E-state index contributed by atoms with van der Waals surface area (Å²) in [5.41, 5.74) is 0. The fourth-order valence-electron chi connectivity index (χ4n) is 1.74. The molecule has 1 rings (SSSR count). The topological polar surface area (TPSA) is 43.4 Å². The number of hydrogen-bond acceptors (Lipinski definition) is 3. The zero-order valence-corrected chi connectivity index (χ0v) is 10.1. The Labute approximate surface area is 96.9 Å². The molecule has 0 spiro atoms. The van der Waals surface area contributed by atoms with Gasteiger partial charge in [0.25, 0.3) is 0 Å². The molecule has 0 N–H and O–H groups in total. The molecular formula is C13H20O3. The van der Waals surface area contributed by atoms with Crippen molar-refractivity contribution >= 4 is 11.8 Å². The maximum Gasteiger partial charge on any atom is 0.331 e. The van der Waals surface area contributed by atoms with Crippen LogP contribution in [0.5, 0.6) is 0 Å². The lowest BCUT2D eigenvalue weighted by molar-refractivity contribution is -0.138. The fourth-order valence-corrected chi connectivity index (χ4v) is 1.74. The van der Waals surface area contributed by atoms with Gasteiger partial charge in [-0.2, -0.15) is 0 Å². The second-order valence-corrected chi connectivity index (χ2v) is 4.48. The van der Waals surface area contributed by atoms with Crippen molar-refractivity contribution in [1.82, 2.24) is 0 Å². The van der Waals surface area contributed by atoms with Crippen molar-refractivity contribution in [3.8, 4) is 0 Å². The average Bonchev–Trinajstić information content (AvgIpc) is 2.63. The molecule has 0 unspecified atom stereocenters. The highest BCUT2D eigenvalue weighted by atomic mass is 16.5. The van der Waals surface area contributed by atoms with Crippen LogP contribution in [0, 0.1) is 5.92 Å². The molecule has 0 radical (unpaired) electrons. The third kappa shape index (κ3) is 4.60. The van der Waals surface area contributed by atoms with E-state index in [0.717, 1.165) is 32.1 Å². The lowest BCUT2D eigenvalue weighted by Crippen LogP contribution is -2.08. The summed E-state index contributed by atoms with van der Waals surface area (Å²) in [5.74, 6) is 0.229. The molecule has 0 saturated heterocycles. The monoisotopic (exact) mass is 224 g/mol. The van der Waals surface area contributed by atoms with E-state index in [2.05, 4.69) is 0 Å². The van der Waals surface area contributed by atoms with Crippen LogP contribution in [0.3, 0.4) is 0 Å². The van der Waals surface area contributed by atoms with E-state index < -0.39 is 0 Å². The summed E-state index contributed by atoms with van der Waals surface area (Å²) in [6, 6.07) is 0. The van der Waals surface area contributed by atoms with Crippen LogP contribution in [-0.2, 0) is 14.3 Å². The Balaban J connectivity index is 1.98. The summed E-state index contributed by atoms with van der Waals surface area (Å²) >= 11 is 0. The Kier molecular flexibility index (Phi) is 5.23. The standard InChI is InChI=1S/C13H20O3/c1-10(11(2)14)6-4-3-5-7-12-8-9-13(15)16-12/h8-10,12H,3-7H2,1-2H3/t10-,12+/m0/s1. The second kappa shape index (κ2) is 6.46. The third-order valence-corrected chi connectivity index (χ3v) is 3.03. The molecule has 90 valence electrons. The Morgan fingerprint density at radius 2 is 2.19 bits per heavy atom. The van der Waals surface area contributed by atoms with Gasteiger partial charge in [0.1, 0.15) is 11.9 Å². The molecule has 0 aliphatic carbocycles. The van der Waals surface area contributed by atoms with E-state index in [1.807, 2.05) is 13.0 Å². The first-order valence-electron chi connectivity index (χ1n) is 5.99. The normalized spacial score (nSPS) is 20.9. The molecule has 1 aliphatic rings. The number of ketones is 1. The van der Waals surface area contributed by atoms with Gasteiger partial charge in [0.05, 0.1) is 0 Å². The third-order valence-electron chi connectivity index (χ3n) is 3.03. The molecule has 0 amide bonds. The molecule has 0 saturated carbocycles. The maximum absolute atomic E-state index is 11.0. The minimum atomic E-state index is -0.227. The van der Waals surface area contributed by atoms with E-state index in [1.165, 1.54) is 6.08 Å². The minimum Gasteiger partial charge on any atom is -0.455 e. The van der Waals surface area contributed by atoms with Crippen molar-refractivity contribution in [1.29, 1.82) is 0 Å². The van der Waals surface area contributed by atoms with Gasteiger partial charge in [0, 0.05) is 12.0 Å². The second-order valence-electron chi connectivity index (χ2n) is 4.48. The first-order valence-corrected chi connectivity index (χ1v) is 5.99. The number of ether oxygens (including phenoxy) is 1. The minimum absolute atomic E-state index is 0.0160. The van der Waals surface area contributed by atoms with Gasteiger partial charge in [-0.3, -0.25) is 4.79 Å². The van der Waals surface area contributed by atoms with Gasteiger partial charge in [-0.25, -0.2) is 4.79 Å². The summed E-state index contributed by atoms with van der Waals surface area (Å²) in [5, 5.41) is 0. The SMILES string of the molecule is CC(=O)[C@@H](C)CCCCC[C@@H]1C=CC(=O)O1. The number of unbranched alkanes of at least 4 members (excludes halogenated alkanes) is 2. The molecule has 0 fully saturated rings. The van der Waals surface area contributed by atoms with Crippen LogP contribution < -0.4 is 0 Å². The van der Waals surface area contributed by atoms with E-state index in [4.69, 9.17) is 4.74 Å². The van der Waals surface area contributed by atoms with E-state index >= 15 is 0 Å². The highest BCUT2D eigenvalue weighted by Gasteiger charge is 2.15. The van der Waals surface area contributed by atoms with E-state index in [-0.39, 0.29) is 23.8 Å². The summed E-state index contributed by atoms with van der Waals surface area (Å²) in [6.07, 6.45) is 8.38. The van der Waals surface area contributed by atoms with E-state index in [0.29, 0.717) is 0 Å². The zero-order chi connectivity index (χ0) is 12.0. The summed E-state index contributed by atoms with van der Waals surface area (Å²) in [4.78, 5) is 21.7. The van der Waals surface area contributed by atoms with Gasteiger partial charge in [0.2, 0.25) is 0 Å². The summed E-state index contributed by atoms with van der Waals surface area (Å²) < 4.78 is 5.02. The van der Waals surface area contributed by atoms with Crippen LogP contribution in [-0.4, -0.2) is 17.9 Å². The number of carbonyl (C=O) groups is 2. The predicted octanol–water partition coefficient (Wildman–Crippen LogP) is 2.64. The number of rotatable bonds is 7. The molecule has 16 heavy (non-hydrogen) atoms. The van der Waals surface area contributed by atoms with Crippen molar-refractivity contribution < 1.29 is 14.3 Å². The maximum atomic E-state index is 11.0. The highest BCUT2D eigenvalue weighted by Crippen LogP contribution is 2.15. The number of Topliss-reactive ketones (excluding diaryl/α,β-unsaturated/α-hetero) is 1. The molecule has 1 aliphatic heterocycles. The Morgan fingerprint density at radius 1 is 1.44 bits per heavy atom. The number of cyclic esters (lactones) is 1.